The second-order valence-electron chi connectivity index (χ2n) is 3.80. The molecule has 0 radical (unpaired) electrons. The fraction of sp³-hybridized carbons (Fsp3) is 0. The molecule has 0 atom stereocenters. The van der Waals surface area contributed by atoms with Crippen LogP contribution in [0.2, 0.25) is 10.0 Å². The van der Waals surface area contributed by atoms with E-state index in [1.807, 2.05) is 0 Å². The molecule has 2 aromatic carbocycles. The minimum absolute atomic E-state index is 0.251. The van der Waals surface area contributed by atoms with Crippen molar-refractivity contribution in [1.29, 1.82) is 0 Å². The highest BCUT2D eigenvalue weighted by Gasteiger charge is 2.12. The van der Waals surface area contributed by atoms with Gasteiger partial charge in [0.2, 0.25) is 0 Å². The Morgan fingerprint density at radius 3 is 2.20 bits per heavy atom. The van der Waals surface area contributed by atoms with Crippen molar-refractivity contribution in [3.8, 4) is 0 Å². The Hall–Kier alpha value is -1.85. The average molecular weight is 317 g/mol. The molecule has 3 nitrogen and oxygen atoms in total. The molecule has 20 heavy (non-hydrogen) atoms. The number of amides is 2. The Morgan fingerprint density at radius 1 is 0.950 bits per heavy atom. The van der Waals surface area contributed by atoms with Crippen LogP contribution in [-0.4, -0.2) is 6.03 Å². The summed E-state index contributed by atoms with van der Waals surface area (Å²) in [5, 5.41) is 5.05. The summed E-state index contributed by atoms with van der Waals surface area (Å²) in [6.07, 6.45) is 0. The van der Waals surface area contributed by atoms with E-state index in [-0.39, 0.29) is 5.02 Å². The molecule has 0 aliphatic rings. The predicted octanol–water partition coefficient (Wildman–Crippen LogP) is 4.92. The summed E-state index contributed by atoms with van der Waals surface area (Å²) in [5.74, 6) is -1.73. The highest BCUT2D eigenvalue weighted by molar-refractivity contribution is 6.42. The van der Waals surface area contributed by atoms with E-state index in [2.05, 4.69) is 10.6 Å². The first-order chi connectivity index (χ1) is 9.47. The molecule has 0 saturated heterocycles. The maximum atomic E-state index is 13.3. The summed E-state index contributed by atoms with van der Waals surface area (Å²) in [6.45, 7) is 0. The van der Waals surface area contributed by atoms with E-state index in [4.69, 9.17) is 23.2 Å². The third-order valence-electron chi connectivity index (χ3n) is 2.38. The third kappa shape index (κ3) is 3.37. The smallest absolute Gasteiger partial charge is 0.308 e. The SMILES string of the molecule is O=C(Nc1ccc(Cl)c(Cl)c1)Nc1c(F)cccc1F. The highest BCUT2D eigenvalue weighted by Crippen LogP contribution is 2.25. The first kappa shape index (κ1) is 14.6. The van der Waals surface area contributed by atoms with Gasteiger partial charge in [-0.1, -0.05) is 29.3 Å². The number of carbonyl (C=O) groups is 1. The van der Waals surface area contributed by atoms with Crippen LogP contribution >= 0.6 is 23.2 Å². The summed E-state index contributed by atoms with van der Waals surface area (Å²) >= 11 is 11.5. The fourth-order valence-electron chi connectivity index (χ4n) is 1.47. The number of benzene rings is 2. The van der Waals surface area contributed by atoms with Crippen LogP contribution in [0.5, 0.6) is 0 Å². The molecule has 2 N–H and O–H groups in total. The van der Waals surface area contributed by atoms with Crippen molar-refractivity contribution in [1.82, 2.24) is 0 Å². The van der Waals surface area contributed by atoms with E-state index in [1.54, 1.807) is 0 Å². The number of hydrogen-bond acceptors (Lipinski definition) is 1. The number of rotatable bonds is 2. The molecular formula is C13H8Cl2F2N2O. The van der Waals surface area contributed by atoms with Gasteiger partial charge in [-0.05, 0) is 30.3 Å². The minimum Gasteiger partial charge on any atom is -0.308 e. The van der Waals surface area contributed by atoms with Crippen molar-refractivity contribution < 1.29 is 13.6 Å². The molecule has 2 aromatic rings. The molecule has 0 spiro atoms. The van der Waals surface area contributed by atoms with Gasteiger partial charge in [-0.25, -0.2) is 13.6 Å². The molecule has 0 heterocycles. The Morgan fingerprint density at radius 2 is 1.60 bits per heavy atom. The zero-order chi connectivity index (χ0) is 14.7. The standard InChI is InChI=1S/C13H8Cl2F2N2O/c14-8-5-4-7(6-9(8)15)18-13(20)19-12-10(16)2-1-3-11(12)17/h1-6H,(H2,18,19,20). The number of para-hydroxylation sites is 1. The third-order valence-corrected chi connectivity index (χ3v) is 3.12. The van der Waals surface area contributed by atoms with E-state index in [0.29, 0.717) is 10.7 Å². The van der Waals surface area contributed by atoms with Crippen molar-refractivity contribution in [2.45, 2.75) is 0 Å². The lowest BCUT2D eigenvalue weighted by molar-refractivity contribution is 0.262. The molecule has 0 aliphatic carbocycles. The molecule has 2 amide bonds. The van der Waals surface area contributed by atoms with Crippen molar-refractivity contribution in [3.63, 3.8) is 0 Å². The van der Waals surface area contributed by atoms with Gasteiger partial charge in [0, 0.05) is 5.69 Å². The zero-order valence-electron chi connectivity index (χ0n) is 9.88. The van der Waals surface area contributed by atoms with Crippen molar-refractivity contribution in [2.75, 3.05) is 10.6 Å². The van der Waals surface area contributed by atoms with Crippen molar-refractivity contribution >= 4 is 40.6 Å². The molecule has 0 aromatic heterocycles. The van der Waals surface area contributed by atoms with Crippen LogP contribution in [0.25, 0.3) is 0 Å². The minimum atomic E-state index is -0.866. The molecule has 0 bridgehead atoms. The average Bonchev–Trinajstić information content (AvgIpc) is 2.38. The lowest BCUT2D eigenvalue weighted by Crippen LogP contribution is -2.20. The molecule has 7 heteroatoms. The fourth-order valence-corrected chi connectivity index (χ4v) is 1.77. The number of urea groups is 1. The van der Waals surface area contributed by atoms with E-state index < -0.39 is 23.4 Å². The highest BCUT2D eigenvalue weighted by atomic mass is 35.5. The van der Waals surface area contributed by atoms with E-state index >= 15 is 0 Å². The Labute approximate surface area is 123 Å². The van der Waals surface area contributed by atoms with Crippen LogP contribution in [0.15, 0.2) is 36.4 Å². The Balaban J connectivity index is 2.11. The number of anilines is 2. The Kier molecular flexibility index (Phi) is 4.42. The quantitative estimate of drug-likeness (QED) is 0.811. The van der Waals surface area contributed by atoms with Gasteiger partial charge in [-0.3, -0.25) is 0 Å². The summed E-state index contributed by atoms with van der Waals surface area (Å²) in [5.41, 5.74) is -0.182. The van der Waals surface area contributed by atoms with Gasteiger partial charge in [-0.15, -0.1) is 0 Å². The van der Waals surface area contributed by atoms with Crippen molar-refractivity contribution in [2.24, 2.45) is 0 Å². The lowest BCUT2D eigenvalue weighted by Gasteiger charge is -2.09. The molecule has 0 fully saturated rings. The first-order valence-corrected chi connectivity index (χ1v) is 6.20. The second kappa shape index (κ2) is 6.07. The molecule has 2 rings (SSSR count). The number of carbonyl (C=O) groups excluding carboxylic acids is 1. The van der Waals surface area contributed by atoms with E-state index in [1.165, 1.54) is 24.3 Å². The largest absolute Gasteiger partial charge is 0.323 e. The van der Waals surface area contributed by atoms with Crippen LogP contribution in [-0.2, 0) is 0 Å². The predicted molar refractivity (Wildman–Crippen MR) is 75.5 cm³/mol. The van der Waals surface area contributed by atoms with E-state index in [0.717, 1.165) is 12.1 Å². The zero-order valence-corrected chi connectivity index (χ0v) is 11.4. The number of hydrogen-bond donors (Lipinski definition) is 2. The maximum absolute atomic E-state index is 13.3. The Bertz CT molecular complexity index is 645. The van der Waals surface area contributed by atoms with Crippen LogP contribution in [0.3, 0.4) is 0 Å². The molecule has 0 aliphatic heterocycles. The van der Waals surface area contributed by atoms with Gasteiger partial charge >= 0.3 is 6.03 Å². The van der Waals surface area contributed by atoms with Crippen LogP contribution in [0.1, 0.15) is 0 Å². The maximum Gasteiger partial charge on any atom is 0.323 e. The summed E-state index contributed by atoms with van der Waals surface area (Å²) in [7, 11) is 0. The lowest BCUT2D eigenvalue weighted by atomic mass is 10.3. The summed E-state index contributed by atoms with van der Waals surface area (Å²) in [6, 6.07) is 6.89. The molecule has 104 valence electrons. The summed E-state index contributed by atoms with van der Waals surface area (Å²) in [4.78, 5) is 11.7. The van der Waals surface area contributed by atoms with Crippen LogP contribution in [0, 0.1) is 11.6 Å². The van der Waals surface area contributed by atoms with Crippen LogP contribution in [0.4, 0.5) is 25.0 Å². The van der Waals surface area contributed by atoms with Crippen LogP contribution < -0.4 is 10.6 Å². The second-order valence-corrected chi connectivity index (χ2v) is 4.62. The molecular weight excluding hydrogens is 309 g/mol. The van der Waals surface area contributed by atoms with E-state index in [9.17, 15) is 13.6 Å². The van der Waals surface area contributed by atoms with Gasteiger partial charge in [0.25, 0.3) is 0 Å². The summed E-state index contributed by atoms with van der Waals surface area (Å²) < 4.78 is 26.7. The normalized spacial score (nSPS) is 10.2. The first-order valence-electron chi connectivity index (χ1n) is 5.44. The molecule has 0 unspecified atom stereocenters. The van der Waals surface area contributed by atoms with Gasteiger partial charge < -0.3 is 10.6 Å². The van der Waals surface area contributed by atoms with Crippen molar-refractivity contribution in [3.05, 3.63) is 58.1 Å². The van der Waals surface area contributed by atoms with Gasteiger partial charge in [0.1, 0.15) is 17.3 Å². The number of nitrogens with one attached hydrogen (secondary N) is 2. The van der Waals surface area contributed by atoms with Gasteiger partial charge in [-0.2, -0.15) is 0 Å². The monoisotopic (exact) mass is 316 g/mol. The van der Waals surface area contributed by atoms with Gasteiger partial charge in [0.05, 0.1) is 10.0 Å². The number of halogens is 4. The topological polar surface area (TPSA) is 41.1 Å². The van der Waals surface area contributed by atoms with Gasteiger partial charge in [0.15, 0.2) is 0 Å². The molecule has 0 saturated carbocycles.